The van der Waals surface area contributed by atoms with Crippen molar-refractivity contribution in [2.45, 2.75) is 63.2 Å². The fourth-order valence-electron chi connectivity index (χ4n) is 4.33. The summed E-state index contributed by atoms with van der Waals surface area (Å²) in [5, 5.41) is 26.2. The zero-order chi connectivity index (χ0) is 25.8. The summed E-state index contributed by atoms with van der Waals surface area (Å²) >= 11 is 0. The summed E-state index contributed by atoms with van der Waals surface area (Å²) in [6.45, 7) is 3.37. The fraction of sp³-hybridized carbons (Fsp3) is 0.480. The quantitative estimate of drug-likeness (QED) is 0.388. The molecule has 4 N–H and O–H groups in total. The lowest BCUT2D eigenvalue weighted by Gasteiger charge is -2.30. The molecule has 192 valence electrons. The van der Waals surface area contributed by atoms with Crippen molar-refractivity contribution in [3.63, 3.8) is 0 Å². The number of carbonyl (C=O) groups excluding carboxylic acids is 1. The van der Waals surface area contributed by atoms with Crippen LogP contribution < -0.4 is 10.6 Å². The Morgan fingerprint density at radius 1 is 1.11 bits per heavy atom. The van der Waals surface area contributed by atoms with Crippen molar-refractivity contribution in [1.29, 1.82) is 0 Å². The zero-order valence-electron chi connectivity index (χ0n) is 19.8. The Morgan fingerprint density at radius 2 is 1.80 bits per heavy atom. The molecule has 35 heavy (non-hydrogen) atoms. The molecule has 4 atom stereocenters. The lowest BCUT2D eigenvalue weighted by molar-refractivity contribution is -0.124. The van der Waals surface area contributed by atoms with E-state index in [1.807, 2.05) is 25.1 Å². The first-order chi connectivity index (χ1) is 16.5. The van der Waals surface area contributed by atoms with E-state index in [0.717, 1.165) is 35.7 Å². The van der Waals surface area contributed by atoms with Gasteiger partial charge in [-0.1, -0.05) is 25.1 Å². The smallest absolute Gasteiger partial charge is 0.222 e. The van der Waals surface area contributed by atoms with E-state index in [9.17, 15) is 32.2 Å². The van der Waals surface area contributed by atoms with E-state index in [2.05, 4.69) is 10.6 Å². The summed E-state index contributed by atoms with van der Waals surface area (Å²) in [7, 11) is -3.35. The van der Waals surface area contributed by atoms with Gasteiger partial charge in [-0.15, -0.1) is 0 Å². The Kier molecular flexibility index (Phi) is 8.98. The Balaban J connectivity index is 1.78. The minimum Gasteiger partial charge on any atom is -0.393 e. The van der Waals surface area contributed by atoms with Crippen LogP contribution in [0.1, 0.15) is 48.6 Å². The van der Waals surface area contributed by atoms with Gasteiger partial charge in [0.05, 0.1) is 36.2 Å². The van der Waals surface area contributed by atoms with Gasteiger partial charge in [-0.05, 0) is 54.2 Å². The summed E-state index contributed by atoms with van der Waals surface area (Å²) in [5.41, 5.74) is 2.86. The van der Waals surface area contributed by atoms with E-state index in [4.69, 9.17) is 0 Å². The van der Waals surface area contributed by atoms with Crippen LogP contribution in [-0.2, 0) is 33.2 Å². The highest BCUT2D eigenvalue weighted by atomic mass is 32.2. The number of benzene rings is 2. The topological polar surface area (TPSA) is 116 Å². The molecule has 0 saturated carbocycles. The number of aliphatic hydroxyl groups excluding tert-OH is 2. The van der Waals surface area contributed by atoms with Crippen LogP contribution >= 0.6 is 0 Å². The number of hydrogen-bond acceptors (Lipinski definition) is 6. The number of halogens is 2. The third-order valence-corrected chi connectivity index (χ3v) is 7.62. The van der Waals surface area contributed by atoms with Gasteiger partial charge < -0.3 is 20.8 Å². The highest BCUT2D eigenvalue weighted by Crippen LogP contribution is 2.29. The van der Waals surface area contributed by atoms with Gasteiger partial charge in [0.1, 0.15) is 11.6 Å². The number of aryl methyl sites for hydroxylation is 1. The predicted molar refractivity (Wildman–Crippen MR) is 128 cm³/mol. The van der Waals surface area contributed by atoms with E-state index < -0.39 is 51.7 Å². The number of rotatable bonds is 10. The molecule has 0 saturated heterocycles. The molecular weight excluding hydrogens is 478 g/mol. The molecule has 1 heterocycles. The number of aliphatic hydroxyl groups is 2. The standard InChI is InChI=1S/C25H32F2N2O5S/c1-3-16-4-5-18-13-35(33,34)14-23(21(18)9-16)28-12-24(31)22(29-25(32)6-15(2)30)10-17-7-19(26)11-20(27)8-17/h4-5,7-9,11,15,22-24,28,30-31H,3,6,10,12-14H2,1-2H3,(H,29,32)/t15?,22-,23-,24+/m0/s1. The summed E-state index contributed by atoms with van der Waals surface area (Å²) in [6, 6.07) is 7.16. The second kappa shape index (κ2) is 11.6. The lowest BCUT2D eigenvalue weighted by atomic mass is 9.97. The van der Waals surface area contributed by atoms with Crippen LogP contribution in [-0.4, -0.2) is 55.1 Å². The molecule has 1 amide bonds. The van der Waals surface area contributed by atoms with Crippen molar-refractivity contribution in [1.82, 2.24) is 10.6 Å². The number of carbonyl (C=O) groups is 1. The molecule has 0 fully saturated rings. The van der Waals surface area contributed by atoms with Gasteiger partial charge >= 0.3 is 0 Å². The van der Waals surface area contributed by atoms with Gasteiger partial charge in [-0.25, -0.2) is 17.2 Å². The molecule has 0 bridgehead atoms. The molecule has 1 aliphatic heterocycles. The number of hydrogen-bond donors (Lipinski definition) is 4. The highest BCUT2D eigenvalue weighted by Gasteiger charge is 2.31. The third-order valence-electron chi connectivity index (χ3n) is 6.03. The van der Waals surface area contributed by atoms with Gasteiger partial charge in [-0.2, -0.15) is 0 Å². The maximum atomic E-state index is 13.7. The first kappa shape index (κ1) is 27.2. The molecule has 10 heteroatoms. The minimum absolute atomic E-state index is 0.0454. The Hall–Kier alpha value is -2.40. The van der Waals surface area contributed by atoms with E-state index in [1.54, 1.807) is 0 Å². The second-order valence-electron chi connectivity index (χ2n) is 9.18. The van der Waals surface area contributed by atoms with E-state index >= 15 is 0 Å². The number of sulfone groups is 1. The summed E-state index contributed by atoms with van der Waals surface area (Å²) in [4.78, 5) is 12.3. The Bertz CT molecular complexity index is 1140. The third kappa shape index (κ3) is 7.79. The molecule has 0 radical (unpaired) electrons. The molecule has 7 nitrogen and oxygen atoms in total. The van der Waals surface area contributed by atoms with Gasteiger partial charge in [0.25, 0.3) is 0 Å². The molecule has 2 aromatic rings. The minimum atomic E-state index is -3.35. The van der Waals surface area contributed by atoms with Gasteiger partial charge in [0.15, 0.2) is 9.84 Å². The summed E-state index contributed by atoms with van der Waals surface area (Å²) in [6.07, 6.45) is -1.60. The highest BCUT2D eigenvalue weighted by molar-refractivity contribution is 7.90. The van der Waals surface area contributed by atoms with Crippen LogP contribution in [0.25, 0.3) is 0 Å². The maximum Gasteiger partial charge on any atom is 0.222 e. The Labute approximate surface area is 204 Å². The monoisotopic (exact) mass is 510 g/mol. The van der Waals surface area contributed by atoms with Crippen LogP contribution in [0, 0.1) is 11.6 Å². The van der Waals surface area contributed by atoms with Crippen molar-refractivity contribution < 1.29 is 32.2 Å². The number of amides is 1. The molecule has 3 rings (SSSR count). The SMILES string of the molecule is CCc1ccc2c(c1)[C@@H](NC[C@@H](O)[C@H](Cc1cc(F)cc(F)c1)NC(=O)CC(C)O)CS(=O)(=O)C2. The van der Waals surface area contributed by atoms with Crippen molar-refractivity contribution in [3.05, 3.63) is 70.3 Å². The molecule has 1 unspecified atom stereocenters. The molecular formula is C25H32F2N2O5S. The average molecular weight is 511 g/mol. The molecule has 1 aliphatic rings. The Morgan fingerprint density at radius 3 is 2.43 bits per heavy atom. The summed E-state index contributed by atoms with van der Waals surface area (Å²) < 4.78 is 52.3. The number of nitrogens with one attached hydrogen (secondary N) is 2. The fourth-order valence-corrected chi connectivity index (χ4v) is 5.99. The van der Waals surface area contributed by atoms with Crippen LogP contribution in [0.4, 0.5) is 8.78 Å². The first-order valence-electron chi connectivity index (χ1n) is 11.6. The van der Waals surface area contributed by atoms with Crippen LogP contribution in [0.5, 0.6) is 0 Å². The largest absolute Gasteiger partial charge is 0.393 e. The summed E-state index contributed by atoms with van der Waals surface area (Å²) in [5.74, 6) is -2.27. The van der Waals surface area contributed by atoms with Gasteiger partial charge in [0, 0.05) is 18.7 Å². The maximum absolute atomic E-state index is 13.7. The average Bonchev–Trinajstić information content (AvgIpc) is 2.74. The van der Waals surface area contributed by atoms with Crippen LogP contribution in [0.15, 0.2) is 36.4 Å². The molecule has 0 aliphatic carbocycles. The zero-order valence-corrected chi connectivity index (χ0v) is 20.6. The second-order valence-corrected chi connectivity index (χ2v) is 11.3. The van der Waals surface area contributed by atoms with Crippen molar-refractivity contribution in [3.8, 4) is 0 Å². The lowest BCUT2D eigenvalue weighted by Crippen LogP contribution is -2.50. The van der Waals surface area contributed by atoms with Gasteiger partial charge in [0.2, 0.25) is 5.91 Å². The molecule has 2 aromatic carbocycles. The number of fused-ring (bicyclic) bond motifs is 1. The molecule has 0 spiro atoms. The normalized spacial score (nSPS) is 19.4. The van der Waals surface area contributed by atoms with Crippen LogP contribution in [0.2, 0.25) is 0 Å². The van der Waals surface area contributed by atoms with Crippen LogP contribution in [0.3, 0.4) is 0 Å². The molecule has 0 aromatic heterocycles. The van der Waals surface area contributed by atoms with E-state index in [1.165, 1.54) is 6.92 Å². The van der Waals surface area contributed by atoms with E-state index in [-0.39, 0.29) is 36.5 Å². The van der Waals surface area contributed by atoms with Gasteiger partial charge in [-0.3, -0.25) is 4.79 Å². The van der Waals surface area contributed by atoms with Crippen molar-refractivity contribution in [2.24, 2.45) is 0 Å². The van der Waals surface area contributed by atoms with Crippen molar-refractivity contribution >= 4 is 15.7 Å². The van der Waals surface area contributed by atoms with E-state index in [0.29, 0.717) is 5.56 Å². The first-order valence-corrected chi connectivity index (χ1v) is 13.4. The predicted octanol–water partition coefficient (Wildman–Crippen LogP) is 1.95. The van der Waals surface area contributed by atoms with Crippen molar-refractivity contribution in [2.75, 3.05) is 12.3 Å².